The van der Waals surface area contributed by atoms with Gasteiger partial charge in [0.15, 0.2) is 0 Å². The van der Waals surface area contributed by atoms with Crippen LogP contribution in [0.1, 0.15) is 28.7 Å². The van der Waals surface area contributed by atoms with E-state index in [0.717, 1.165) is 16.7 Å². The van der Waals surface area contributed by atoms with Crippen LogP contribution >= 0.6 is 0 Å². The normalized spacial score (nSPS) is 27.2. The smallest absolute Gasteiger partial charge is 0.250 e. The Kier molecular flexibility index (Phi) is 4.98. The summed E-state index contributed by atoms with van der Waals surface area (Å²) in [6.07, 6.45) is -0.161. The van der Waals surface area contributed by atoms with E-state index in [1.807, 2.05) is 26.0 Å². The zero-order chi connectivity index (χ0) is 24.4. The van der Waals surface area contributed by atoms with E-state index in [0.29, 0.717) is 17.0 Å². The molecule has 9 nitrogen and oxygen atoms in total. The molecule has 2 aromatic carbocycles. The highest BCUT2D eigenvalue weighted by Crippen LogP contribution is 2.54. The van der Waals surface area contributed by atoms with Crippen LogP contribution in [0.5, 0.6) is 5.75 Å². The summed E-state index contributed by atoms with van der Waals surface area (Å²) in [5, 5.41) is 6.14. The highest BCUT2D eigenvalue weighted by molar-refractivity contribution is 6.15. The molecule has 2 fully saturated rings. The molecule has 176 valence electrons. The summed E-state index contributed by atoms with van der Waals surface area (Å²) in [5.41, 5.74) is 7.94. The minimum atomic E-state index is -1.44. The lowest BCUT2D eigenvalue weighted by molar-refractivity contribution is -0.143. The number of likely N-dealkylation sites (tertiary alicyclic amines) is 1. The molecule has 9 heteroatoms. The Hall–Kier alpha value is -3.72. The first-order valence-electron chi connectivity index (χ1n) is 11.1. The van der Waals surface area contributed by atoms with Crippen molar-refractivity contribution in [2.75, 3.05) is 12.4 Å². The van der Waals surface area contributed by atoms with Crippen molar-refractivity contribution in [3.05, 3.63) is 58.7 Å². The lowest BCUT2D eigenvalue weighted by Crippen LogP contribution is -2.53. The van der Waals surface area contributed by atoms with Gasteiger partial charge in [-0.1, -0.05) is 24.3 Å². The number of aryl methyl sites for hydroxylation is 1. The van der Waals surface area contributed by atoms with Gasteiger partial charge in [-0.2, -0.15) is 0 Å². The van der Waals surface area contributed by atoms with E-state index in [9.17, 15) is 19.2 Å². The number of nitrogens with one attached hydrogen (secondary N) is 2. The molecule has 2 aromatic rings. The first-order chi connectivity index (χ1) is 16.2. The van der Waals surface area contributed by atoms with Crippen molar-refractivity contribution >= 4 is 29.3 Å². The molecule has 1 spiro atoms. The van der Waals surface area contributed by atoms with Gasteiger partial charge < -0.3 is 15.8 Å². The molecule has 3 aliphatic heterocycles. The number of carbonyl (C=O) groups is 4. The molecule has 34 heavy (non-hydrogen) atoms. The minimum Gasteiger partial charge on any atom is -0.497 e. The first-order valence-corrected chi connectivity index (χ1v) is 11.1. The number of nitrogens with two attached hydrogens (primary N) is 1. The number of imide groups is 1. The lowest BCUT2D eigenvalue weighted by atomic mass is 9.76. The van der Waals surface area contributed by atoms with Gasteiger partial charge in [-0.3, -0.25) is 29.4 Å². The third-order valence-corrected chi connectivity index (χ3v) is 7.43. The summed E-state index contributed by atoms with van der Waals surface area (Å²) in [5.74, 6) is -3.05. The molecule has 0 saturated carbocycles. The Labute approximate surface area is 196 Å². The van der Waals surface area contributed by atoms with Crippen LogP contribution in [-0.2, 0) is 31.3 Å². The van der Waals surface area contributed by atoms with Gasteiger partial charge in [-0.15, -0.1) is 0 Å². The molecule has 3 heterocycles. The Bertz CT molecular complexity index is 1240. The average molecular weight is 463 g/mol. The molecular weight excluding hydrogens is 436 g/mol. The fourth-order valence-electron chi connectivity index (χ4n) is 5.64. The van der Waals surface area contributed by atoms with Crippen LogP contribution in [0.15, 0.2) is 36.4 Å². The van der Waals surface area contributed by atoms with Crippen molar-refractivity contribution in [2.45, 2.75) is 38.4 Å². The number of anilines is 1. The van der Waals surface area contributed by atoms with Crippen molar-refractivity contribution in [2.24, 2.45) is 17.6 Å². The summed E-state index contributed by atoms with van der Waals surface area (Å²) in [7, 11) is 1.56. The number of ether oxygens (including phenoxy) is 1. The number of nitrogens with zero attached hydrogens (tertiary/aromatic N) is 1. The number of carbonyl (C=O) groups excluding carboxylic acids is 4. The summed E-state index contributed by atoms with van der Waals surface area (Å²) >= 11 is 0. The van der Waals surface area contributed by atoms with Gasteiger partial charge in [0.1, 0.15) is 11.3 Å². The molecule has 0 aliphatic carbocycles. The number of hydrogen-bond donors (Lipinski definition) is 3. The maximum Gasteiger partial charge on any atom is 0.250 e. The molecule has 5 rings (SSSR count). The van der Waals surface area contributed by atoms with E-state index in [4.69, 9.17) is 10.5 Å². The van der Waals surface area contributed by atoms with E-state index in [-0.39, 0.29) is 13.0 Å². The average Bonchev–Trinajstić information content (AvgIpc) is 3.37. The number of rotatable bonds is 5. The fraction of sp³-hybridized carbons (Fsp3) is 0.360. The summed E-state index contributed by atoms with van der Waals surface area (Å²) < 4.78 is 5.18. The zero-order valence-corrected chi connectivity index (χ0v) is 19.2. The molecule has 0 bridgehead atoms. The quantitative estimate of drug-likeness (QED) is 0.571. The van der Waals surface area contributed by atoms with Crippen LogP contribution in [0.25, 0.3) is 0 Å². The third kappa shape index (κ3) is 2.96. The predicted octanol–water partition coefficient (Wildman–Crippen LogP) is 1.11. The van der Waals surface area contributed by atoms with Crippen molar-refractivity contribution in [3.63, 3.8) is 0 Å². The van der Waals surface area contributed by atoms with Gasteiger partial charge in [0.2, 0.25) is 23.6 Å². The SMILES string of the molecule is COc1ccc(CN2C(=O)[C@@H]3[C@@H](CC(N)=O)N[C@]4(C(=O)Nc5c4ccc(C)c5C)[C@H]3C2=O)cc1. The van der Waals surface area contributed by atoms with Crippen molar-refractivity contribution in [3.8, 4) is 5.75 Å². The first kappa shape index (κ1) is 22.1. The molecule has 4 atom stereocenters. The Morgan fingerprint density at radius 3 is 2.44 bits per heavy atom. The van der Waals surface area contributed by atoms with Crippen LogP contribution in [0.4, 0.5) is 5.69 Å². The van der Waals surface area contributed by atoms with Gasteiger partial charge in [0.05, 0.1) is 25.5 Å². The topological polar surface area (TPSA) is 131 Å². The standard InChI is InChI=1S/C25H26N4O5/c1-12-4-9-16-21(13(12)2)27-24(33)25(16)20-19(17(28-25)10-18(26)30)22(31)29(23(20)32)11-14-5-7-15(34-3)8-6-14/h4-9,17,19-20,28H,10-11H2,1-3H3,(H2,26,30)(H,27,33)/t17-,19-,20-,25+/m1/s1. The largest absolute Gasteiger partial charge is 0.497 e. The molecule has 0 unspecified atom stereocenters. The number of methoxy groups -OCH3 is 1. The van der Waals surface area contributed by atoms with Gasteiger partial charge >= 0.3 is 0 Å². The van der Waals surface area contributed by atoms with Crippen molar-refractivity contribution in [1.29, 1.82) is 0 Å². The lowest BCUT2D eigenvalue weighted by Gasteiger charge is -2.29. The Balaban J connectivity index is 1.59. The Morgan fingerprint density at radius 1 is 1.09 bits per heavy atom. The van der Waals surface area contributed by atoms with Crippen molar-refractivity contribution in [1.82, 2.24) is 10.2 Å². The number of fused-ring (bicyclic) bond motifs is 4. The molecule has 3 aliphatic rings. The molecule has 4 amide bonds. The van der Waals surface area contributed by atoms with Gasteiger partial charge in [-0.05, 0) is 42.7 Å². The number of benzene rings is 2. The highest BCUT2D eigenvalue weighted by atomic mass is 16.5. The van der Waals surface area contributed by atoms with Crippen LogP contribution in [0.2, 0.25) is 0 Å². The zero-order valence-electron chi connectivity index (χ0n) is 19.2. The van der Waals surface area contributed by atoms with E-state index in [2.05, 4.69) is 10.6 Å². The van der Waals surface area contributed by atoms with Crippen LogP contribution < -0.4 is 21.1 Å². The molecule has 0 aromatic heterocycles. The van der Waals surface area contributed by atoms with Gasteiger partial charge in [0.25, 0.3) is 0 Å². The molecule has 4 N–H and O–H groups in total. The van der Waals surface area contributed by atoms with E-state index in [1.165, 1.54) is 4.90 Å². The summed E-state index contributed by atoms with van der Waals surface area (Å²) in [6.45, 7) is 3.90. The van der Waals surface area contributed by atoms with Gasteiger partial charge in [-0.25, -0.2) is 0 Å². The van der Waals surface area contributed by atoms with Crippen molar-refractivity contribution < 1.29 is 23.9 Å². The number of amides is 4. The monoisotopic (exact) mass is 462 g/mol. The second-order valence-electron chi connectivity index (χ2n) is 9.23. The second kappa shape index (κ2) is 7.66. The van der Waals surface area contributed by atoms with Crippen LogP contribution in [0.3, 0.4) is 0 Å². The second-order valence-corrected chi connectivity index (χ2v) is 9.23. The fourth-order valence-corrected chi connectivity index (χ4v) is 5.64. The molecule has 2 saturated heterocycles. The maximum atomic E-state index is 13.8. The third-order valence-electron chi connectivity index (χ3n) is 7.43. The molecular formula is C25H26N4O5. The maximum absolute atomic E-state index is 13.8. The van der Waals surface area contributed by atoms with E-state index in [1.54, 1.807) is 31.4 Å². The van der Waals surface area contributed by atoms with Crippen LogP contribution in [-0.4, -0.2) is 41.7 Å². The van der Waals surface area contributed by atoms with E-state index >= 15 is 0 Å². The van der Waals surface area contributed by atoms with Crippen LogP contribution in [0, 0.1) is 25.7 Å². The molecule has 0 radical (unpaired) electrons. The minimum absolute atomic E-state index is 0.0649. The highest BCUT2D eigenvalue weighted by Gasteiger charge is 2.70. The number of primary amides is 1. The summed E-state index contributed by atoms with van der Waals surface area (Å²) in [4.78, 5) is 53.9. The summed E-state index contributed by atoms with van der Waals surface area (Å²) in [6, 6.07) is 10.1. The van der Waals surface area contributed by atoms with Gasteiger partial charge in [0, 0.05) is 23.7 Å². The predicted molar refractivity (Wildman–Crippen MR) is 122 cm³/mol. The number of hydrogen-bond acceptors (Lipinski definition) is 6. The van der Waals surface area contributed by atoms with E-state index < -0.39 is 47.0 Å². The Morgan fingerprint density at radius 2 is 1.79 bits per heavy atom.